The van der Waals surface area contributed by atoms with E-state index < -0.39 is 0 Å². The summed E-state index contributed by atoms with van der Waals surface area (Å²) in [4.78, 5) is 12.4. The molecule has 2 rings (SSSR count). The van der Waals surface area contributed by atoms with Crippen LogP contribution >= 0.6 is 15.9 Å². The van der Waals surface area contributed by atoms with Crippen LogP contribution in [0, 0.1) is 19.7 Å². The third-order valence-corrected chi connectivity index (χ3v) is 3.68. The van der Waals surface area contributed by atoms with Crippen LogP contribution in [-0.2, 0) is 0 Å². The fourth-order valence-corrected chi connectivity index (χ4v) is 2.35. The maximum absolute atomic E-state index is 13.0. The van der Waals surface area contributed by atoms with Gasteiger partial charge in [0.2, 0.25) is 0 Å². The van der Waals surface area contributed by atoms with Crippen molar-refractivity contribution in [1.82, 2.24) is 0 Å². The molecule has 0 aliphatic rings. The Hall–Kier alpha value is -1.48. The Labute approximate surface area is 114 Å². The minimum atomic E-state index is -0.362. The first kappa shape index (κ1) is 13.0. The van der Waals surface area contributed by atoms with Crippen LogP contribution in [0.4, 0.5) is 4.39 Å². The van der Waals surface area contributed by atoms with Crippen molar-refractivity contribution >= 4 is 21.7 Å². The summed E-state index contributed by atoms with van der Waals surface area (Å²) in [6, 6.07) is 9.71. The lowest BCUT2D eigenvalue weighted by atomic mass is 9.96. The zero-order chi connectivity index (χ0) is 13.3. The summed E-state index contributed by atoms with van der Waals surface area (Å²) in [7, 11) is 0. The number of carbonyl (C=O) groups excluding carboxylic acids is 1. The van der Waals surface area contributed by atoms with Gasteiger partial charge in [0, 0.05) is 15.6 Å². The van der Waals surface area contributed by atoms with E-state index in [4.69, 9.17) is 0 Å². The van der Waals surface area contributed by atoms with Crippen LogP contribution in [0.3, 0.4) is 0 Å². The normalized spacial score (nSPS) is 10.4. The van der Waals surface area contributed by atoms with Crippen molar-refractivity contribution in [1.29, 1.82) is 0 Å². The monoisotopic (exact) mass is 306 g/mol. The number of hydrogen-bond acceptors (Lipinski definition) is 1. The summed E-state index contributed by atoms with van der Waals surface area (Å²) < 4.78 is 13.5. The Bertz CT molecular complexity index is 620. The van der Waals surface area contributed by atoms with Crippen LogP contribution in [0.1, 0.15) is 27.0 Å². The number of rotatable bonds is 2. The second-order valence-electron chi connectivity index (χ2n) is 4.20. The number of hydrogen-bond donors (Lipinski definition) is 0. The molecule has 0 unspecified atom stereocenters. The van der Waals surface area contributed by atoms with E-state index in [1.807, 2.05) is 26.0 Å². The van der Waals surface area contributed by atoms with Gasteiger partial charge < -0.3 is 0 Å². The third-order valence-electron chi connectivity index (χ3n) is 3.03. The Morgan fingerprint density at radius 2 is 1.83 bits per heavy atom. The summed E-state index contributed by atoms with van der Waals surface area (Å²) >= 11 is 3.23. The van der Waals surface area contributed by atoms with Crippen molar-refractivity contribution in [3.63, 3.8) is 0 Å². The summed E-state index contributed by atoms with van der Waals surface area (Å²) in [5.74, 6) is -0.456. The van der Waals surface area contributed by atoms with Gasteiger partial charge in [-0.15, -0.1) is 0 Å². The summed E-state index contributed by atoms with van der Waals surface area (Å²) in [6.07, 6.45) is 0. The minimum absolute atomic E-state index is 0.0944. The van der Waals surface area contributed by atoms with Crippen LogP contribution in [0.5, 0.6) is 0 Å². The molecule has 0 aliphatic carbocycles. The van der Waals surface area contributed by atoms with E-state index in [0.29, 0.717) is 15.6 Å². The van der Waals surface area contributed by atoms with Gasteiger partial charge in [0.15, 0.2) is 5.78 Å². The first-order valence-electron chi connectivity index (χ1n) is 5.56. The van der Waals surface area contributed by atoms with E-state index in [0.717, 1.165) is 11.1 Å². The lowest BCUT2D eigenvalue weighted by Gasteiger charge is -2.09. The molecule has 0 heterocycles. The van der Waals surface area contributed by atoms with Crippen LogP contribution in [0.2, 0.25) is 0 Å². The maximum atomic E-state index is 13.0. The SMILES string of the molecule is Cc1cccc(C(=O)c2ccc(F)cc2Br)c1C. The zero-order valence-electron chi connectivity index (χ0n) is 10.1. The van der Waals surface area contributed by atoms with Crippen molar-refractivity contribution < 1.29 is 9.18 Å². The molecule has 0 amide bonds. The quantitative estimate of drug-likeness (QED) is 0.750. The van der Waals surface area contributed by atoms with Gasteiger partial charge in [0.1, 0.15) is 5.82 Å². The molecule has 0 bridgehead atoms. The number of ketones is 1. The molecule has 3 heteroatoms. The molecule has 0 N–H and O–H groups in total. The highest BCUT2D eigenvalue weighted by atomic mass is 79.9. The second kappa shape index (κ2) is 5.02. The molecule has 92 valence electrons. The Morgan fingerprint density at radius 3 is 2.50 bits per heavy atom. The number of aryl methyl sites for hydroxylation is 1. The molecule has 0 radical (unpaired) electrons. The van der Waals surface area contributed by atoms with Gasteiger partial charge >= 0.3 is 0 Å². The van der Waals surface area contributed by atoms with Gasteiger partial charge in [0.05, 0.1) is 0 Å². The van der Waals surface area contributed by atoms with E-state index in [1.165, 1.54) is 18.2 Å². The Morgan fingerprint density at radius 1 is 1.11 bits per heavy atom. The Balaban J connectivity index is 2.51. The molecular weight excluding hydrogens is 295 g/mol. The van der Waals surface area contributed by atoms with Crippen molar-refractivity contribution in [2.24, 2.45) is 0 Å². The molecule has 0 aromatic heterocycles. The summed E-state index contributed by atoms with van der Waals surface area (Å²) in [6.45, 7) is 3.88. The number of halogens is 2. The van der Waals surface area contributed by atoms with Crippen LogP contribution < -0.4 is 0 Å². The summed E-state index contributed by atoms with van der Waals surface area (Å²) in [5, 5.41) is 0. The molecule has 0 saturated carbocycles. The van der Waals surface area contributed by atoms with Gasteiger partial charge in [0.25, 0.3) is 0 Å². The lowest BCUT2D eigenvalue weighted by molar-refractivity contribution is 0.103. The smallest absolute Gasteiger partial charge is 0.194 e. The molecule has 18 heavy (non-hydrogen) atoms. The summed E-state index contributed by atoms with van der Waals surface area (Å²) in [5.41, 5.74) is 3.16. The van der Waals surface area contributed by atoms with Crippen molar-refractivity contribution in [3.8, 4) is 0 Å². The fourth-order valence-electron chi connectivity index (χ4n) is 1.82. The lowest BCUT2D eigenvalue weighted by Crippen LogP contribution is -2.05. The van der Waals surface area contributed by atoms with Crippen molar-refractivity contribution in [3.05, 3.63) is 68.9 Å². The van der Waals surface area contributed by atoms with Crippen LogP contribution in [0.15, 0.2) is 40.9 Å². The predicted molar refractivity (Wildman–Crippen MR) is 73.4 cm³/mol. The van der Waals surface area contributed by atoms with E-state index in [1.54, 1.807) is 6.07 Å². The highest BCUT2D eigenvalue weighted by Gasteiger charge is 2.15. The zero-order valence-corrected chi connectivity index (χ0v) is 11.7. The highest BCUT2D eigenvalue weighted by Crippen LogP contribution is 2.23. The molecular formula is C15H12BrFO. The van der Waals surface area contributed by atoms with E-state index in [9.17, 15) is 9.18 Å². The topological polar surface area (TPSA) is 17.1 Å². The van der Waals surface area contributed by atoms with Gasteiger partial charge in [-0.2, -0.15) is 0 Å². The van der Waals surface area contributed by atoms with Gasteiger partial charge in [-0.25, -0.2) is 4.39 Å². The molecule has 1 nitrogen and oxygen atoms in total. The first-order valence-corrected chi connectivity index (χ1v) is 6.36. The van der Waals surface area contributed by atoms with Crippen LogP contribution in [0.25, 0.3) is 0 Å². The largest absolute Gasteiger partial charge is 0.289 e. The number of carbonyl (C=O) groups is 1. The van der Waals surface area contributed by atoms with Gasteiger partial charge in [-0.3, -0.25) is 4.79 Å². The first-order chi connectivity index (χ1) is 8.50. The predicted octanol–water partition coefficient (Wildman–Crippen LogP) is 4.44. The average molecular weight is 307 g/mol. The Kier molecular flexibility index (Phi) is 3.62. The maximum Gasteiger partial charge on any atom is 0.194 e. The van der Waals surface area contributed by atoms with Crippen LogP contribution in [-0.4, -0.2) is 5.78 Å². The molecule has 2 aromatic carbocycles. The van der Waals surface area contributed by atoms with E-state index >= 15 is 0 Å². The number of benzene rings is 2. The minimum Gasteiger partial charge on any atom is -0.289 e. The third kappa shape index (κ3) is 2.36. The fraction of sp³-hybridized carbons (Fsp3) is 0.133. The van der Waals surface area contributed by atoms with Crippen molar-refractivity contribution in [2.75, 3.05) is 0 Å². The molecule has 0 atom stereocenters. The molecule has 0 aliphatic heterocycles. The highest BCUT2D eigenvalue weighted by molar-refractivity contribution is 9.10. The molecule has 0 fully saturated rings. The second-order valence-corrected chi connectivity index (χ2v) is 5.06. The average Bonchev–Trinajstić information content (AvgIpc) is 2.32. The van der Waals surface area contributed by atoms with E-state index in [2.05, 4.69) is 15.9 Å². The van der Waals surface area contributed by atoms with E-state index in [-0.39, 0.29) is 11.6 Å². The van der Waals surface area contributed by atoms with Gasteiger partial charge in [-0.1, -0.05) is 18.2 Å². The van der Waals surface area contributed by atoms with Crippen molar-refractivity contribution in [2.45, 2.75) is 13.8 Å². The standard InChI is InChI=1S/C15H12BrFO/c1-9-4-3-5-12(10(9)2)15(18)13-7-6-11(17)8-14(13)16/h3-8H,1-2H3. The van der Waals surface area contributed by atoms with Gasteiger partial charge in [-0.05, 0) is 59.1 Å². The molecule has 2 aromatic rings. The molecule has 0 spiro atoms. The molecule has 0 saturated heterocycles.